The smallest absolute Gasteiger partial charge is 0.329 e. The third kappa shape index (κ3) is 4.42. The van der Waals surface area contributed by atoms with Crippen molar-refractivity contribution in [2.24, 2.45) is 0 Å². The van der Waals surface area contributed by atoms with Gasteiger partial charge in [-0.1, -0.05) is 35.9 Å². The minimum atomic E-state index is -0.435. The molecule has 0 fully saturated rings. The van der Waals surface area contributed by atoms with Crippen molar-refractivity contribution in [2.45, 2.75) is 33.2 Å². The van der Waals surface area contributed by atoms with Gasteiger partial charge in [-0.25, -0.2) is 9.69 Å². The zero-order valence-electron chi connectivity index (χ0n) is 14.0. The molecule has 0 aromatic heterocycles. The Morgan fingerprint density at radius 1 is 0.913 bits per heavy atom. The Kier molecular flexibility index (Phi) is 4.84. The van der Waals surface area contributed by atoms with Gasteiger partial charge in [0.05, 0.1) is 5.69 Å². The summed E-state index contributed by atoms with van der Waals surface area (Å²) < 4.78 is 0. The first kappa shape index (κ1) is 16.7. The number of anilines is 1. The molecule has 0 aliphatic heterocycles. The van der Waals surface area contributed by atoms with Gasteiger partial charge in [-0.05, 0) is 52.0 Å². The molecule has 0 atom stereocenters. The van der Waals surface area contributed by atoms with Gasteiger partial charge >= 0.3 is 6.03 Å². The summed E-state index contributed by atoms with van der Waals surface area (Å²) >= 11 is 0. The van der Waals surface area contributed by atoms with Gasteiger partial charge in [0.25, 0.3) is 5.91 Å². The number of imide groups is 1. The minimum Gasteiger partial charge on any atom is -0.333 e. The van der Waals surface area contributed by atoms with E-state index >= 15 is 0 Å². The van der Waals surface area contributed by atoms with Gasteiger partial charge in [0, 0.05) is 11.1 Å². The average Bonchev–Trinajstić information content (AvgIpc) is 2.48. The first-order valence-corrected chi connectivity index (χ1v) is 7.56. The molecule has 1 N–H and O–H groups in total. The summed E-state index contributed by atoms with van der Waals surface area (Å²) in [4.78, 5) is 26.7. The Morgan fingerprint density at radius 2 is 1.48 bits per heavy atom. The second kappa shape index (κ2) is 6.65. The Bertz CT molecular complexity index is 686. The molecule has 0 radical (unpaired) electrons. The van der Waals surface area contributed by atoms with Crippen molar-refractivity contribution in [1.82, 2.24) is 5.32 Å². The van der Waals surface area contributed by atoms with E-state index in [1.807, 2.05) is 45.9 Å². The van der Waals surface area contributed by atoms with Crippen molar-refractivity contribution in [3.05, 3.63) is 65.7 Å². The molecule has 4 nitrogen and oxygen atoms in total. The molecule has 0 unspecified atom stereocenters. The van der Waals surface area contributed by atoms with Gasteiger partial charge in [0.2, 0.25) is 0 Å². The Balaban J connectivity index is 2.41. The van der Waals surface area contributed by atoms with Crippen molar-refractivity contribution in [1.29, 1.82) is 0 Å². The van der Waals surface area contributed by atoms with Gasteiger partial charge in [-0.15, -0.1) is 0 Å². The number of benzene rings is 2. The number of aryl methyl sites for hydroxylation is 1. The van der Waals surface area contributed by atoms with Gasteiger partial charge in [0.15, 0.2) is 0 Å². The van der Waals surface area contributed by atoms with Crippen LogP contribution in [0.1, 0.15) is 36.7 Å². The Labute approximate surface area is 137 Å². The van der Waals surface area contributed by atoms with Crippen LogP contribution in [0.25, 0.3) is 0 Å². The molecular formula is C19H22N2O2. The minimum absolute atomic E-state index is 0.351. The maximum atomic E-state index is 12.8. The summed E-state index contributed by atoms with van der Waals surface area (Å²) in [6, 6.07) is 15.7. The van der Waals surface area contributed by atoms with Crippen LogP contribution in [0.2, 0.25) is 0 Å². The number of hydrogen-bond donors (Lipinski definition) is 1. The van der Waals surface area contributed by atoms with E-state index in [4.69, 9.17) is 0 Å². The summed E-state index contributed by atoms with van der Waals surface area (Å²) in [5.41, 5.74) is 1.65. The van der Waals surface area contributed by atoms with Gasteiger partial charge in [-0.2, -0.15) is 0 Å². The maximum Gasteiger partial charge on any atom is 0.329 e. The number of amides is 3. The van der Waals surface area contributed by atoms with Crippen LogP contribution in [0.5, 0.6) is 0 Å². The number of carbonyl (C=O) groups excluding carboxylic acids is 2. The highest BCUT2D eigenvalue weighted by atomic mass is 16.2. The molecule has 0 saturated heterocycles. The molecule has 0 aliphatic rings. The zero-order valence-corrected chi connectivity index (χ0v) is 14.0. The quantitative estimate of drug-likeness (QED) is 0.906. The lowest BCUT2D eigenvalue weighted by Gasteiger charge is -2.27. The fraction of sp³-hybridized carbons (Fsp3) is 0.263. The Morgan fingerprint density at radius 3 is 2.00 bits per heavy atom. The van der Waals surface area contributed by atoms with E-state index in [1.165, 1.54) is 4.90 Å². The topological polar surface area (TPSA) is 49.4 Å². The lowest BCUT2D eigenvalue weighted by atomic mass is 10.1. The highest BCUT2D eigenvalue weighted by Gasteiger charge is 2.27. The van der Waals surface area contributed by atoms with Crippen LogP contribution in [0, 0.1) is 6.92 Å². The summed E-state index contributed by atoms with van der Waals surface area (Å²) in [5.74, 6) is -0.351. The largest absolute Gasteiger partial charge is 0.333 e. The van der Waals surface area contributed by atoms with Crippen molar-refractivity contribution < 1.29 is 9.59 Å². The summed E-state index contributed by atoms with van der Waals surface area (Å²) in [6.45, 7) is 7.60. The second-order valence-corrected chi connectivity index (χ2v) is 6.52. The molecule has 0 heterocycles. The van der Waals surface area contributed by atoms with Crippen LogP contribution in [0.4, 0.5) is 10.5 Å². The first-order chi connectivity index (χ1) is 10.8. The number of carbonyl (C=O) groups is 2. The van der Waals surface area contributed by atoms with E-state index in [0.29, 0.717) is 11.3 Å². The molecule has 2 rings (SSSR count). The van der Waals surface area contributed by atoms with Crippen LogP contribution in [-0.4, -0.2) is 17.5 Å². The van der Waals surface area contributed by atoms with Gasteiger partial charge in [0.1, 0.15) is 0 Å². The molecule has 0 bridgehead atoms. The van der Waals surface area contributed by atoms with E-state index in [1.54, 1.807) is 36.4 Å². The summed E-state index contributed by atoms with van der Waals surface area (Å²) in [6.07, 6.45) is 0. The third-order valence-electron chi connectivity index (χ3n) is 3.20. The van der Waals surface area contributed by atoms with E-state index < -0.39 is 11.6 Å². The summed E-state index contributed by atoms with van der Waals surface area (Å²) in [5, 5.41) is 2.85. The molecule has 0 spiro atoms. The lowest BCUT2D eigenvalue weighted by Crippen LogP contribution is -2.51. The van der Waals surface area contributed by atoms with E-state index in [0.717, 1.165) is 5.56 Å². The highest BCUT2D eigenvalue weighted by Crippen LogP contribution is 2.19. The third-order valence-corrected chi connectivity index (χ3v) is 3.20. The van der Waals surface area contributed by atoms with E-state index in [2.05, 4.69) is 5.32 Å². The molecule has 23 heavy (non-hydrogen) atoms. The molecule has 0 saturated carbocycles. The van der Waals surface area contributed by atoms with Crippen LogP contribution in [0.3, 0.4) is 0 Å². The number of nitrogens with one attached hydrogen (secondary N) is 1. The molecule has 120 valence electrons. The number of nitrogens with zero attached hydrogens (tertiary/aromatic N) is 1. The van der Waals surface area contributed by atoms with E-state index in [9.17, 15) is 9.59 Å². The molecule has 0 aliphatic carbocycles. The molecule has 2 aromatic rings. The van der Waals surface area contributed by atoms with Crippen molar-refractivity contribution >= 4 is 17.6 Å². The number of urea groups is 1. The van der Waals surface area contributed by atoms with Crippen LogP contribution in [0.15, 0.2) is 54.6 Å². The molecule has 3 amide bonds. The average molecular weight is 310 g/mol. The number of hydrogen-bond acceptors (Lipinski definition) is 2. The van der Waals surface area contributed by atoms with Crippen molar-refractivity contribution in [3.8, 4) is 0 Å². The molecule has 4 heteroatoms. The van der Waals surface area contributed by atoms with Crippen LogP contribution >= 0.6 is 0 Å². The van der Waals surface area contributed by atoms with Crippen LogP contribution < -0.4 is 10.2 Å². The Hall–Kier alpha value is -2.62. The van der Waals surface area contributed by atoms with Crippen LogP contribution in [-0.2, 0) is 0 Å². The molecular weight excluding hydrogens is 288 g/mol. The second-order valence-electron chi connectivity index (χ2n) is 6.52. The zero-order chi connectivity index (χ0) is 17.0. The standard InChI is InChI=1S/C19H22N2O2/c1-14-10-12-16(13-11-14)21(18(23)20-19(2,3)4)17(22)15-8-6-5-7-9-15/h5-13H,1-4H3,(H,20,23). The monoisotopic (exact) mass is 310 g/mol. The predicted molar refractivity (Wildman–Crippen MR) is 92.7 cm³/mol. The number of rotatable bonds is 2. The van der Waals surface area contributed by atoms with E-state index in [-0.39, 0.29) is 5.91 Å². The normalized spacial score (nSPS) is 11.0. The highest BCUT2D eigenvalue weighted by molar-refractivity contribution is 6.20. The predicted octanol–water partition coefficient (Wildman–Crippen LogP) is 4.15. The SMILES string of the molecule is Cc1ccc(N(C(=O)NC(C)(C)C)C(=O)c2ccccc2)cc1. The maximum absolute atomic E-state index is 12.8. The van der Waals surface area contributed by atoms with Crippen molar-refractivity contribution in [2.75, 3.05) is 4.90 Å². The fourth-order valence-electron chi connectivity index (χ4n) is 2.11. The van der Waals surface area contributed by atoms with Crippen molar-refractivity contribution in [3.63, 3.8) is 0 Å². The van der Waals surface area contributed by atoms with Gasteiger partial charge in [-0.3, -0.25) is 4.79 Å². The first-order valence-electron chi connectivity index (χ1n) is 7.56. The van der Waals surface area contributed by atoms with Gasteiger partial charge < -0.3 is 5.32 Å². The molecule has 2 aromatic carbocycles. The fourth-order valence-corrected chi connectivity index (χ4v) is 2.11. The summed E-state index contributed by atoms with van der Waals surface area (Å²) in [7, 11) is 0. The lowest BCUT2D eigenvalue weighted by molar-refractivity contribution is 0.0993.